The van der Waals surface area contributed by atoms with Crippen molar-refractivity contribution in [2.75, 3.05) is 52.4 Å². The monoisotopic (exact) mass is 468 g/mol. The van der Waals surface area contributed by atoms with Gasteiger partial charge in [-0.1, -0.05) is 62.8 Å². The van der Waals surface area contributed by atoms with Crippen molar-refractivity contribution in [1.29, 1.82) is 0 Å². The van der Waals surface area contributed by atoms with Crippen LogP contribution in [0, 0.1) is 0 Å². The van der Waals surface area contributed by atoms with Crippen LogP contribution >= 0.6 is 0 Å². The van der Waals surface area contributed by atoms with Crippen LogP contribution in [-0.4, -0.2) is 75.6 Å². The number of hydrogen-bond acceptors (Lipinski definition) is 6. The molecule has 0 aromatic heterocycles. The van der Waals surface area contributed by atoms with Crippen molar-refractivity contribution >= 4 is 12.6 Å². The van der Waals surface area contributed by atoms with E-state index in [1.165, 1.54) is 75.2 Å². The lowest BCUT2D eigenvalue weighted by molar-refractivity contribution is -0.0923. The van der Waals surface area contributed by atoms with Crippen LogP contribution in [0.5, 0.6) is 0 Å². The van der Waals surface area contributed by atoms with Gasteiger partial charge in [-0.3, -0.25) is 4.90 Å². The molecule has 2 heterocycles. The molecule has 0 atom stereocenters. The maximum Gasteiger partial charge on any atom is 0.495 e. The van der Waals surface area contributed by atoms with E-state index in [0.717, 1.165) is 58.9 Å². The van der Waals surface area contributed by atoms with Gasteiger partial charge in [-0.05, 0) is 36.7 Å². The van der Waals surface area contributed by atoms with Crippen molar-refractivity contribution in [3.05, 3.63) is 29.8 Å². The Morgan fingerprint density at radius 1 is 0.676 bits per heavy atom. The predicted octanol–water partition coefficient (Wildman–Crippen LogP) is 2.42. The van der Waals surface area contributed by atoms with Crippen molar-refractivity contribution in [1.82, 2.24) is 20.9 Å². The Hall–Kier alpha value is -0.955. The fraction of sp³-hybridized carbons (Fsp3) is 0.778. The van der Waals surface area contributed by atoms with Gasteiger partial charge in [-0.25, -0.2) is 0 Å². The molecule has 2 aliphatic heterocycles. The summed E-state index contributed by atoms with van der Waals surface area (Å²) in [5, 5.41) is 10.7. The minimum absolute atomic E-state index is 0.0707. The third kappa shape index (κ3) is 5.55. The minimum Gasteiger partial charge on any atom is -0.399 e. The van der Waals surface area contributed by atoms with Crippen LogP contribution in [-0.2, 0) is 15.9 Å². The highest BCUT2D eigenvalue weighted by Gasteiger charge is 2.61. The van der Waals surface area contributed by atoms with E-state index in [2.05, 4.69) is 45.1 Å². The number of benzene rings is 1. The molecule has 0 radical (unpaired) electrons. The normalized spacial score (nSPS) is 26.9. The molecule has 3 N–H and O–H groups in total. The summed E-state index contributed by atoms with van der Waals surface area (Å²) in [4.78, 5) is 2.58. The summed E-state index contributed by atoms with van der Waals surface area (Å²) in [5.74, 6) is 0. The summed E-state index contributed by atoms with van der Waals surface area (Å²) >= 11 is 0. The van der Waals surface area contributed by atoms with Gasteiger partial charge < -0.3 is 25.3 Å². The number of rotatable bonds is 3. The summed E-state index contributed by atoms with van der Waals surface area (Å²) in [6.45, 7) is 9.21. The molecule has 2 saturated heterocycles. The zero-order valence-corrected chi connectivity index (χ0v) is 21.1. The third-order valence-corrected chi connectivity index (χ3v) is 8.69. The second-order valence-electron chi connectivity index (χ2n) is 10.9. The second-order valence-corrected chi connectivity index (χ2v) is 10.9. The summed E-state index contributed by atoms with van der Waals surface area (Å²) in [6, 6.07) is 8.90. The highest BCUT2D eigenvalue weighted by molar-refractivity contribution is 6.62. The van der Waals surface area contributed by atoms with Crippen LogP contribution in [0.4, 0.5) is 0 Å². The van der Waals surface area contributed by atoms with Gasteiger partial charge in [0.2, 0.25) is 0 Å². The molecule has 188 valence electrons. The van der Waals surface area contributed by atoms with Crippen LogP contribution < -0.4 is 21.4 Å². The zero-order chi connectivity index (χ0) is 23.1. The molecule has 0 amide bonds. The molecule has 2 spiro atoms. The maximum absolute atomic E-state index is 7.04. The molecule has 34 heavy (non-hydrogen) atoms. The zero-order valence-electron chi connectivity index (χ0n) is 21.1. The lowest BCUT2D eigenvalue weighted by Crippen LogP contribution is -2.53. The van der Waals surface area contributed by atoms with Gasteiger partial charge in [-0.15, -0.1) is 0 Å². The smallest absolute Gasteiger partial charge is 0.399 e. The van der Waals surface area contributed by atoms with Gasteiger partial charge in [0.1, 0.15) is 0 Å². The van der Waals surface area contributed by atoms with Crippen LogP contribution in [0.3, 0.4) is 0 Å². The van der Waals surface area contributed by atoms with Crippen molar-refractivity contribution in [3.63, 3.8) is 0 Å². The molecule has 7 heteroatoms. The molecule has 2 saturated carbocycles. The first-order valence-electron chi connectivity index (χ1n) is 14.1. The molecule has 1 aromatic carbocycles. The fourth-order valence-electron chi connectivity index (χ4n) is 6.79. The van der Waals surface area contributed by atoms with E-state index < -0.39 is 0 Å². The first-order valence-corrected chi connectivity index (χ1v) is 14.1. The van der Waals surface area contributed by atoms with Gasteiger partial charge in [0.15, 0.2) is 0 Å². The average Bonchev–Trinajstić information content (AvgIpc) is 3.14. The SMILES string of the molecule is c1ccc(B2OC3(CCCCC3)C3(CCCCC3)O2)c(CN2CCNCCNCCNCC2)c1. The molecule has 5 rings (SSSR count). The third-order valence-electron chi connectivity index (χ3n) is 8.69. The van der Waals surface area contributed by atoms with Gasteiger partial charge in [0.05, 0.1) is 11.2 Å². The van der Waals surface area contributed by atoms with Crippen LogP contribution in [0.1, 0.15) is 69.8 Å². The molecular weight excluding hydrogens is 423 g/mol. The lowest BCUT2D eigenvalue weighted by atomic mass is 9.66. The van der Waals surface area contributed by atoms with Crippen molar-refractivity contribution in [2.45, 2.75) is 82.0 Å². The lowest BCUT2D eigenvalue weighted by Gasteiger charge is -2.48. The first-order chi connectivity index (χ1) is 16.8. The topological polar surface area (TPSA) is 57.8 Å². The number of hydrogen-bond donors (Lipinski definition) is 3. The number of nitrogens with one attached hydrogen (secondary N) is 3. The van der Waals surface area contributed by atoms with Crippen LogP contribution in [0.25, 0.3) is 0 Å². The van der Waals surface area contributed by atoms with Crippen LogP contribution in [0.15, 0.2) is 24.3 Å². The minimum atomic E-state index is -0.220. The van der Waals surface area contributed by atoms with Crippen molar-refractivity contribution in [2.24, 2.45) is 0 Å². The standard InChI is InChI=1S/C27H45BN4O2/c1-5-11-26(12-6-1)27(13-7-2-8-14-27)34-28(33-26)25-10-4-3-9-24(25)23-32-21-19-30-17-15-29-16-18-31-20-22-32/h3-4,9-10,29-31H,1-2,5-8,11-23H2. The summed E-state index contributed by atoms with van der Waals surface area (Å²) < 4.78 is 14.1. The Bertz CT molecular complexity index is 729. The highest BCUT2D eigenvalue weighted by Crippen LogP contribution is 2.53. The maximum atomic E-state index is 7.04. The largest absolute Gasteiger partial charge is 0.495 e. The summed E-state index contributed by atoms with van der Waals surface area (Å²) in [6.07, 6.45) is 12.5. The predicted molar refractivity (Wildman–Crippen MR) is 140 cm³/mol. The van der Waals surface area contributed by atoms with Crippen molar-refractivity contribution < 1.29 is 9.31 Å². The van der Waals surface area contributed by atoms with Crippen LogP contribution in [0.2, 0.25) is 0 Å². The molecular formula is C27H45BN4O2. The molecule has 1 aromatic rings. The highest BCUT2D eigenvalue weighted by atomic mass is 16.7. The van der Waals surface area contributed by atoms with E-state index in [1.807, 2.05) is 0 Å². The van der Waals surface area contributed by atoms with Gasteiger partial charge in [-0.2, -0.15) is 0 Å². The van der Waals surface area contributed by atoms with Gasteiger partial charge in [0, 0.05) is 58.9 Å². The van der Waals surface area contributed by atoms with Gasteiger partial charge in [0.25, 0.3) is 0 Å². The molecule has 6 nitrogen and oxygen atoms in total. The van der Waals surface area contributed by atoms with E-state index >= 15 is 0 Å². The van der Waals surface area contributed by atoms with E-state index in [0.29, 0.717) is 0 Å². The first kappa shape index (κ1) is 24.7. The van der Waals surface area contributed by atoms with E-state index in [9.17, 15) is 0 Å². The van der Waals surface area contributed by atoms with E-state index in [4.69, 9.17) is 9.31 Å². The summed E-state index contributed by atoms with van der Waals surface area (Å²) in [5.41, 5.74) is 2.48. The molecule has 4 aliphatic rings. The summed E-state index contributed by atoms with van der Waals surface area (Å²) in [7, 11) is -0.220. The van der Waals surface area contributed by atoms with Gasteiger partial charge >= 0.3 is 7.12 Å². The Kier molecular flexibility index (Phi) is 8.62. The quantitative estimate of drug-likeness (QED) is 0.593. The fourth-order valence-corrected chi connectivity index (χ4v) is 6.79. The molecule has 0 unspecified atom stereocenters. The molecule has 0 bridgehead atoms. The average molecular weight is 468 g/mol. The Labute approximate surface area is 207 Å². The Morgan fingerprint density at radius 2 is 1.18 bits per heavy atom. The molecule has 4 fully saturated rings. The number of nitrogens with zero attached hydrogens (tertiary/aromatic N) is 1. The van der Waals surface area contributed by atoms with E-state index in [-0.39, 0.29) is 18.3 Å². The Morgan fingerprint density at radius 3 is 1.74 bits per heavy atom. The Balaban J connectivity index is 1.33. The second kappa shape index (κ2) is 11.9. The number of fused-ring (bicyclic) bond motifs is 1. The van der Waals surface area contributed by atoms with E-state index in [1.54, 1.807) is 0 Å². The molecule has 2 aliphatic carbocycles. The van der Waals surface area contributed by atoms with Crippen molar-refractivity contribution in [3.8, 4) is 0 Å².